The number of nitrogens with zero attached hydrogens (tertiary/aromatic N) is 1. The van der Waals surface area contributed by atoms with Crippen LogP contribution >= 0.6 is 19.4 Å². The van der Waals surface area contributed by atoms with Gasteiger partial charge in [-0.1, -0.05) is 11.6 Å². The van der Waals surface area contributed by atoms with E-state index in [2.05, 4.69) is 5.32 Å². The van der Waals surface area contributed by atoms with Crippen molar-refractivity contribution >= 4 is 25.5 Å². The fourth-order valence-electron chi connectivity index (χ4n) is 2.85. The van der Waals surface area contributed by atoms with Crippen molar-refractivity contribution in [3.63, 3.8) is 0 Å². The second kappa shape index (κ2) is 6.96. The molecule has 26 heavy (non-hydrogen) atoms. The SMILES string of the molecule is CC(C)OP1(=O)OC[C@@]2(C(F)F)O[C@@H](N3C=C(Cl)CNC3=O)[C@@H](F)[C@@H]2O1. The summed E-state index contributed by atoms with van der Waals surface area (Å²) in [6, 6.07) is -0.785. The second-order valence-electron chi connectivity index (χ2n) is 6.25. The molecule has 3 rings (SSSR count). The van der Waals surface area contributed by atoms with Crippen LogP contribution in [0.25, 0.3) is 0 Å². The van der Waals surface area contributed by atoms with Crippen LogP contribution in [0.3, 0.4) is 0 Å². The van der Waals surface area contributed by atoms with Gasteiger partial charge in [-0.05, 0) is 13.8 Å². The first-order valence-corrected chi connectivity index (χ1v) is 9.55. The summed E-state index contributed by atoms with van der Waals surface area (Å²) < 4.78 is 74.9. The summed E-state index contributed by atoms with van der Waals surface area (Å²) in [5.41, 5.74) is -2.55. The molecule has 3 aliphatic rings. The highest BCUT2D eigenvalue weighted by molar-refractivity contribution is 7.48. The van der Waals surface area contributed by atoms with E-state index in [0.717, 1.165) is 11.1 Å². The average Bonchev–Trinajstić information content (AvgIpc) is 2.83. The van der Waals surface area contributed by atoms with E-state index in [1.54, 1.807) is 0 Å². The molecule has 8 nitrogen and oxygen atoms in total. The molecule has 0 saturated carbocycles. The fraction of sp³-hybridized carbons (Fsp3) is 0.769. The first-order valence-electron chi connectivity index (χ1n) is 7.72. The molecule has 0 bridgehead atoms. The van der Waals surface area contributed by atoms with Crippen LogP contribution in [0.1, 0.15) is 13.8 Å². The van der Waals surface area contributed by atoms with Gasteiger partial charge >= 0.3 is 13.9 Å². The van der Waals surface area contributed by atoms with Crippen LogP contribution < -0.4 is 5.32 Å². The summed E-state index contributed by atoms with van der Waals surface area (Å²) in [4.78, 5) is 12.7. The maximum atomic E-state index is 15.0. The Morgan fingerprint density at radius 1 is 1.50 bits per heavy atom. The molecule has 0 aromatic carbocycles. The zero-order valence-electron chi connectivity index (χ0n) is 13.7. The van der Waals surface area contributed by atoms with Gasteiger partial charge in [0.15, 0.2) is 18.0 Å². The molecular formula is C13H17ClF3N2O6P. The van der Waals surface area contributed by atoms with Crippen LogP contribution in [0.4, 0.5) is 18.0 Å². The number of halogens is 4. The van der Waals surface area contributed by atoms with E-state index in [1.165, 1.54) is 13.8 Å². The van der Waals surface area contributed by atoms with Gasteiger partial charge in [0.1, 0.15) is 6.10 Å². The quantitative estimate of drug-likeness (QED) is 0.704. The van der Waals surface area contributed by atoms with Gasteiger partial charge in [-0.15, -0.1) is 0 Å². The lowest BCUT2D eigenvalue weighted by atomic mass is 9.97. The molecule has 2 amide bonds. The number of hydrogen-bond donors (Lipinski definition) is 1. The van der Waals surface area contributed by atoms with Crippen LogP contribution in [0.2, 0.25) is 0 Å². The Kier molecular flexibility index (Phi) is 5.33. The molecule has 5 atom stereocenters. The Labute approximate surface area is 152 Å². The minimum absolute atomic E-state index is 0.0149. The topological polar surface area (TPSA) is 86.3 Å². The molecule has 3 aliphatic heterocycles. The van der Waals surface area contributed by atoms with Crippen LogP contribution in [0.5, 0.6) is 0 Å². The normalized spacial score (nSPS) is 40.6. The van der Waals surface area contributed by atoms with Gasteiger partial charge in [0.05, 0.1) is 24.3 Å². The number of carbonyl (C=O) groups is 1. The molecule has 3 heterocycles. The van der Waals surface area contributed by atoms with E-state index >= 15 is 0 Å². The number of hydrogen-bond acceptors (Lipinski definition) is 6. The largest absolute Gasteiger partial charge is 0.475 e. The molecule has 1 unspecified atom stereocenters. The van der Waals surface area contributed by atoms with Crippen molar-refractivity contribution < 1.29 is 40.8 Å². The van der Waals surface area contributed by atoms with E-state index < -0.39 is 57.1 Å². The number of phosphoric acid groups is 1. The Hall–Kier alpha value is -0.840. The fourth-order valence-corrected chi connectivity index (χ4v) is 4.64. The standard InChI is InChI=1S/C13H17ClF3N2O6P/c1-6(2)24-26(21)22-5-13(11(16)17)9(25-26)8(15)10(23-13)19-4-7(14)3-18-12(19)20/h4,6,8-11H,3,5H2,1-2H3,(H,18,20)/t8-,9-,10+,13+,26?/m0/s1. The van der Waals surface area contributed by atoms with Crippen LogP contribution in [0, 0.1) is 0 Å². The van der Waals surface area contributed by atoms with Gasteiger partial charge in [-0.2, -0.15) is 0 Å². The number of amides is 2. The van der Waals surface area contributed by atoms with Gasteiger partial charge in [0.2, 0.25) is 0 Å². The maximum Gasteiger partial charge on any atom is 0.475 e. The molecule has 0 aromatic rings. The van der Waals surface area contributed by atoms with Gasteiger partial charge in [-0.25, -0.2) is 22.5 Å². The Balaban J connectivity index is 1.91. The highest BCUT2D eigenvalue weighted by Crippen LogP contribution is 2.60. The van der Waals surface area contributed by atoms with Crippen molar-refractivity contribution in [2.24, 2.45) is 0 Å². The highest BCUT2D eigenvalue weighted by Gasteiger charge is 2.68. The molecule has 1 N–H and O–H groups in total. The van der Waals surface area contributed by atoms with Crippen LogP contribution in [0.15, 0.2) is 11.2 Å². The van der Waals surface area contributed by atoms with E-state index in [-0.39, 0.29) is 11.6 Å². The number of rotatable bonds is 4. The summed E-state index contributed by atoms with van der Waals surface area (Å²) in [6.07, 6.45) is -8.76. The Morgan fingerprint density at radius 3 is 2.81 bits per heavy atom. The summed E-state index contributed by atoms with van der Waals surface area (Å²) in [6.45, 7) is 2.13. The third kappa shape index (κ3) is 3.36. The number of alkyl halides is 3. The number of ether oxygens (including phenoxy) is 1. The molecule has 148 valence electrons. The van der Waals surface area contributed by atoms with Gasteiger partial charge in [0.25, 0.3) is 6.43 Å². The van der Waals surface area contributed by atoms with Gasteiger partial charge in [-0.3, -0.25) is 18.5 Å². The van der Waals surface area contributed by atoms with Crippen molar-refractivity contribution in [1.82, 2.24) is 10.2 Å². The predicted molar refractivity (Wildman–Crippen MR) is 82.3 cm³/mol. The third-order valence-electron chi connectivity index (χ3n) is 3.98. The number of nitrogens with one attached hydrogen (secondary N) is 1. The molecular weight excluding hydrogens is 404 g/mol. The second-order valence-corrected chi connectivity index (χ2v) is 8.31. The van der Waals surface area contributed by atoms with Crippen molar-refractivity contribution in [3.8, 4) is 0 Å². The van der Waals surface area contributed by atoms with Gasteiger partial charge < -0.3 is 10.1 Å². The van der Waals surface area contributed by atoms with E-state index in [4.69, 9.17) is 29.9 Å². The minimum Gasteiger partial charge on any atom is -0.337 e. The smallest absolute Gasteiger partial charge is 0.337 e. The molecule has 0 spiro atoms. The number of fused-ring (bicyclic) bond motifs is 1. The summed E-state index contributed by atoms with van der Waals surface area (Å²) in [7, 11) is -4.27. The first kappa shape index (κ1) is 19.9. The van der Waals surface area contributed by atoms with Crippen LogP contribution in [-0.4, -0.2) is 60.7 Å². The monoisotopic (exact) mass is 420 g/mol. The third-order valence-corrected chi connectivity index (χ3v) is 5.82. The Morgan fingerprint density at radius 2 is 2.19 bits per heavy atom. The predicted octanol–water partition coefficient (Wildman–Crippen LogP) is 2.74. The lowest BCUT2D eigenvalue weighted by molar-refractivity contribution is -0.209. The molecule has 13 heteroatoms. The highest BCUT2D eigenvalue weighted by atomic mass is 35.5. The molecule has 0 radical (unpaired) electrons. The molecule has 2 fully saturated rings. The van der Waals surface area contributed by atoms with Crippen molar-refractivity contribution in [2.45, 2.75) is 50.5 Å². The van der Waals surface area contributed by atoms with E-state index in [0.29, 0.717) is 0 Å². The summed E-state index contributed by atoms with van der Waals surface area (Å²) >= 11 is 5.81. The van der Waals surface area contributed by atoms with Crippen molar-refractivity contribution in [2.75, 3.05) is 13.2 Å². The van der Waals surface area contributed by atoms with E-state index in [9.17, 15) is 22.5 Å². The molecule has 0 aromatic heterocycles. The first-order chi connectivity index (χ1) is 12.1. The summed E-state index contributed by atoms with van der Waals surface area (Å²) in [5, 5.41) is 2.49. The summed E-state index contributed by atoms with van der Waals surface area (Å²) in [5.74, 6) is 0. The van der Waals surface area contributed by atoms with Crippen LogP contribution in [-0.2, 0) is 22.9 Å². The van der Waals surface area contributed by atoms with Crippen molar-refractivity contribution in [3.05, 3.63) is 11.2 Å². The minimum atomic E-state index is -4.27. The lowest BCUT2D eigenvalue weighted by Crippen LogP contribution is -2.55. The zero-order valence-corrected chi connectivity index (χ0v) is 15.4. The number of urea groups is 1. The average molecular weight is 421 g/mol. The number of phosphoric ester groups is 1. The van der Waals surface area contributed by atoms with E-state index in [1.807, 2.05) is 0 Å². The van der Waals surface area contributed by atoms with Gasteiger partial charge in [0, 0.05) is 6.20 Å². The lowest BCUT2D eigenvalue weighted by Gasteiger charge is -2.39. The number of carbonyl (C=O) groups excluding carboxylic acids is 1. The van der Waals surface area contributed by atoms with Crippen molar-refractivity contribution in [1.29, 1.82) is 0 Å². The molecule has 2 saturated heterocycles. The maximum absolute atomic E-state index is 15.0. The zero-order chi connectivity index (χ0) is 19.3. The Bertz CT molecular complexity index is 668. The molecule has 0 aliphatic carbocycles.